The van der Waals surface area contributed by atoms with Crippen LogP contribution >= 0.6 is 11.6 Å². The fraction of sp³-hybridized carbons (Fsp3) is 0.292. The summed E-state index contributed by atoms with van der Waals surface area (Å²) in [7, 11) is 1.45. The quantitative estimate of drug-likeness (QED) is 0.381. The van der Waals surface area contributed by atoms with Crippen LogP contribution in [0, 0.1) is 6.92 Å². The molecular weight excluding hydrogens is 470 g/mol. The molecule has 0 spiro atoms. The van der Waals surface area contributed by atoms with Gasteiger partial charge in [0.05, 0.1) is 29.5 Å². The van der Waals surface area contributed by atoms with Gasteiger partial charge in [0.25, 0.3) is 11.8 Å². The third-order valence-electron chi connectivity index (χ3n) is 5.50. The van der Waals surface area contributed by atoms with Crippen molar-refractivity contribution in [1.29, 1.82) is 0 Å². The van der Waals surface area contributed by atoms with Gasteiger partial charge in [-0.05, 0) is 50.1 Å². The van der Waals surface area contributed by atoms with E-state index in [1.54, 1.807) is 30.6 Å². The lowest BCUT2D eigenvalue weighted by Crippen LogP contribution is -2.35. The van der Waals surface area contributed by atoms with E-state index in [-0.39, 0.29) is 35.0 Å². The molecule has 0 fully saturated rings. The highest BCUT2D eigenvalue weighted by atomic mass is 35.5. The number of carbonyl (C=O) groups excluding carboxylic acids is 2. The molecule has 0 aliphatic rings. The monoisotopic (exact) mass is 495 g/mol. The van der Waals surface area contributed by atoms with Gasteiger partial charge in [0.2, 0.25) is 5.88 Å². The highest BCUT2D eigenvalue weighted by Gasteiger charge is 2.25. The maximum atomic E-state index is 13.5. The molecule has 11 heteroatoms. The molecule has 1 atom stereocenters. The molecule has 1 unspecified atom stereocenters. The zero-order valence-corrected chi connectivity index (χ0v) is 20.6. The van der Waals surface area contributed by atoms with Gasteiger partial charge in [0.15, 0.2) is 11.5 Å². The van der Waals surface area contributed by atoms with Crippen molar-refractivity contribution >= 4 is 34.6 Å². The van der Waals surface area contributed by atoms with E-state index in [9.17, 15) is 9.59 Å². The van der Waals surface area contributed by atoms with Gasteiger partial charge in [0, 0.05) is 18.3 Å². The average Bonchev–Trinajstić information content (AvgIpc) is 3.46. The minimum absolute atomic E-state index is 0.0424. The molecular formula is C24H26ClN7O3. The van der Waals surface area contributed by atoms with Gasteiger partial charge in [-0.25, -0.2) is 14.2 Å². The lowest BCUT2D eigenvalue weighted by atomic mass is 10.1. The Bertz CT molecular complexity index is 1400. The van der Waals surface area contributed by atoms with Crippen molar-refractivity contribution in [1.82, 2.24) is 29.7 Å². The van der Waals surface area contributed by atoms with Crippen molar-refractivity contribution < 1.29 is 14.3 Å². The zero-order chi connectivity index (χ0) is 25.1. The van der Waals surface area contributed by atoms with Crippen LogP contribution in [-0.4, -0.2) is 49.3 Å². The van der Waals surface area contributed by atoms with Gasteiger partial charge < -0.3 is 15.4 Å². The van der Waals surface area contributed by atoms with Crippen molar-refractivity contribution in [3.8, 4) is 11.7 Å². The number of amides is 2. The second-order valence-corrected chi connectivity index (χ2v) is 8.54. The van der Waals surface area contributed by atoms with E-state index < -0.39 is 5.91 Å². The molecule has 4 aromatic heterocycles. The first-order valence-corrected chi connectivity index (χ1v) is 11.6. The van der Waals surface area contributed by atoms with Crippen molar-refractivity contribution in [3.63, 3.8) is 0 Å². The number of nitrogens with zero attached hydrogens (tertiary/aromatic N) is 5. The molecule has 0 radical (unpaired) electrons. The Morgan fingerprint density at radius 3 is 2.71 bits per heavy atom. The van der Waals surface area contributed by atoms with Crippen LogP contribution in [0.4, 0.5) is 5.69 Å². The Kier molecular flexibility index (Phi) is 7.02. The molecule has 10 nitrogen and oxygen atoms in total. The minimum atomic E-state index is -0.521. The molecule has 4 heterocycles. The van der Waals surface area contributed by atoms with Crippen molar-refractivity contribution in [2.45, 2.75) is 39.7 Å². The fourth-order valence-electron chi connectivity index (χ4n) is 3.85. The summed E-state index contributed by atoms with van der Waals surface area (Å²) in [6, 6.07) is 8.41. The predicted octanol–water partition coefficient (Wildman–Crippen LogP) is 4.06. The van der Waals surface area contributed by atoms with Crippen LogP contribution in [-0.2, 0) is 0 Å². The van der Waals surface area contributed by atoms with E-state index in [0.29, 0.717) is 16.3 Å². The first-order valence-electron chi connectivity index (χ1n) is 11.2. The molecule has 2 amide bonds. The summed E-state index contributed by atoms with van der Waals surface area (Å²) in [6.45, 7) is 5.82. The molecule has 35 heavy (non-hydrogen) atoms. The number of aryl methyl sites for hydroxylation is 1. The lowest BCUT2D eigenvalue weighted by Gasteiger charge is -2.18. The second-order valence-electron chi connectivity index (χ2n) is 8.13. The molecule has 182 valence electrons. The third kappa shape index (κ3) is 4.83. The highest BCUT2D eigenvalue weighted by molar-refractivity contribution is 6.32. The maximum absolute atomic E-state index is 13.5. The molecule has 0 aliphatic heterocycles. The Morgan fingerprint density at radius 2 is 2.00 bits per heavy atom. The first-order chi connectivity index (χ1) is 16.8. The van der Waals surface area contributed by atoms with Crippen LogP contribution in [0.3, 0.4) is 0 Å². The van der Waals surface area contributed by atoms with Crippen molar-refractivity contribution in [2.75, 3.05) is 12.4 Å². The van der Waals surface area contributed by atoms with E-state index in [2.05, 4.69) is 32.7 Å². The number of ether oxygens (including phenoxy) is 1. The SMILES string of the molecule is CCCC(C)NC(=O)c1c(NC(=O)c2cc(OC)nn2-c2ncccc2Cl)c(C)cc2ccnn12. The van der Waals surface area contributed by atoms with Crippen LogP contribution in [0.25, 0.3) is 11.3 Å². The number of halogens is 1. The van der Waals surface area contributed by atoms with E-state index in [0.717, 1.165) is 18.4 Å². The zero-order valence-electron chi connectivity index (χ0n) is 19.9. The number of fused-ring (bicyclic) bond motifs is 1. The molecule has 4 aromatic rings. The van der Waals surface area contributed by atoms with E-state index in [4.69, 9.17) is 16.3 Å². The van der Waals surface area contributed by atoms with Gasteiger partial charge in [-0.2, -0.15) is 5.10 Å². The molecule has 0 saturated heterocycles. The van der Waals surface area contributed by atoms with Crippen LogP contribution in [0.2, 0.25) is 5.02 Å². The summed E-state index contributed by atoms with van der Waals surface area (Å²) in [4.78, 5) is 31.1. The van der Waals surface area contributed by atoms with E-state index in [1.807, 2.05) is 19.9 Å². The molecule has 0 aromatic carbocycles. The normalized spacial score (nSPS) is 11.9. The number of hydrogen-bond donors (Lipinski definition) is 2. The number of rotatable bonds is 8. The maximum Gasteiger partial charge on any atom is 0.274 e. The summed E-state index contributed by atoms with van der Waals surface area (Å²) < 4.78 is 8.06. The fourth-order valence-corrected chi connectivity index (χ4v) is 4.06. The summed E-state index contributed by atoms with van der Waals surface area (Å²) in [6.07, 6.45) is 4.91. The Hall–Kier alpha value is -3.92. The van der Waals surface area contributed by atoms with Crippen LogP contribution in [0.5, 0.6) is 5.88 Å². The van der Waals surface area contributed by atoms with Crippen molar-refractivity contribution in [2.24, 2.45) is 0 Å². The van der Waals surface area contributed by atoms with Crippen LogP contribution in [0.15, 0.2) is 42.7 Å². The topological polar surface area (TPSA) is 115 Å². The number of pyridine rings is 2. The first kappa shape index (κ1) is 24.2. The summed E-state index contributed by atoms with van der Waals surface area (Å²) in [5, 5.41) is 14.8. The van der Waals surface area contributed by atoms with Gasteiger partial charge in [-0.15, -0.1) is 5.10 Å². The summed E-state index contributed by atoms with van der Waals surface area (Å²) in [5.74, 6) is -0.374. The Morgan fingerprint density at radius 1 is 1.20 bits per heavy atom. The highest BCUT2D eigenvalue weighted by Crippen LogP contribution is 2.26. The smallest absolute Gasteiger partial charge is 0.274 e. The van der Waals surface area contributed by atoms with Gasteiger partial charge >= 0.3 is 0 Å². The Balaban J connectivity index is 1.77. The van der Waals surface area contributed by atoms with Crippen LogP contribution in [0.1, 0.15) is 53.2 Å². The number of methoxy groups -OCH3 is 1. The number of anilines is 1. The molecule has 0 aliphatic carbocycles. The third-order valence-corrected chi connectivity index (χ3v) is 5.80. The van der Waals surface area contributed by atoms with Crippen LogP contribution < -0.4 is 15.4 Å². The molecule has 0 saturated carbocycles. The Labute approximate surface area is 207 Å². The van der Waals surface area contributed by atoms with Gasteiger partial charge in [0.1, 0.15) is 5.69 Å². The average molecular weight is 496 g/mol. The number of aromatic nitrogens is 5. The number of carbonyl (C=O) groups is 2. The van der Waals surface area contributed by atoms with Gasteiger partial charge in [-0.3, -0.25) is 9.59 Å². The van der Waals surface area contributed by atoms with Gasteiger partial charge in [-0.1, -0.05) is 24.9 Å². The predicted molar refractivity (Wildman–Crippen MR) is 133 cm³/mol. The molecule has 2 N–H and O–H groups in total. The summed E-state index contributed by atoms with van der Waals surface area (Å²) in [5.41, 5.74) is 2.14. The van der Waals surface area contributed by atoms with E-state index >= 15 is 0 Å². The standard InChI is InChI=1S/C24H26ClN7O3/c1-5-7-15(3)28-24(34)21-20(14(2)12-16-9-11-27-31(16)21)29-23(33)18-13-19(35-4)30-32(18)22-17(25)8-6-10-26-22/h6,8-13,15H,5,7H2,1-4H3,(H,28,34)(H,29,33). The molecule has 0 bridgehead atoms. The van der Waals surface area contributed by atoms with Crippen molar-refractivity contribution in [3.05, 3.63) is 64.7 Å². The summed E-state index contributed by atoms with van der Waals surface area (Å²) >= 11 is 6.31. The molecule has 4 rings (SSSR count). The minimum Gasteiger partial charge on any atom is -0.480 e. The number of nitrogens with one attached hydrogen (secondary N) is 2. The lowest BCUT2D eigenvalue weighted by molar-refractivity contribution is 0.0931. The van der Waals surface area contributed by atoms with E-state index in [1.165, 1.54) is 22.4 Å². The second kappa shape index (κ2) is 10.1. The largest absolute Gasteiger partial charge is 0.480 e. The number of hydrogen-bond acceptors (Lipinski definition) is 6.